The Labute approximate surface area is 116 Å². The van der Waals surface area contributed by atoms with Gasteiger partial charge in [0.1, 0.15) is 6.10 Å². The van der Waals surface area contributed by atoms with Crippen LogP contribution in [0.15, 0.2) is 12.2 Å². The number of esters is 1. The molecular weight excluding hydrogens is 240 g/mol. The summed E-state index contributed by atoms with van der Waals surface area (Å²) >= 11 is 0. The molecule has 0 saturated heterocycles. The van der Waals surface area contributed by atoms with Crippen LogP contribution >= 0.6 is 0 Å². The van der Waals surface area contributed by atoms with Gasteiger partial charge in [-0.3, -0.25) is 9.59 Å². The molecule has 1 atom stereocenters. The van der Waals surface area contributed by atoms with E-state index in [-0.39, 0.29) is 17.9 Å². The summed E-state index contributed by atoms with van der Waals surface area (Å²) in [6.07, 6.45) is 12.4. The first kappa shape index (κ1) is 15.9. The van der Waals surface area contributed by atoms with Crippen molar-refractivity contribution < 1.29 is 14.3 Å². The zero-order valence-electron chi connectivity index (χ0n) is 12.0. The maximum absolute atomic E-state index is 11.7. The van der Waals surface area contributed by atoms with E-state index < -0.39 is 0 Å². The van der Waals surface area contributed by atoms with Crippen molar-refractivity contribution in [3.63, 3.8) is 0 Å². The first-order chi connectivity index (χ1) is 9.22. The average Bonchev–Trinajstić information content (AvgIpc) is 2.38. The molecule has 0 bridgehead atoms. The fourth-order valence-electron chi connectivity index (χ4n) is 2.28. The lowest BCUT2D eigenvalue weighted by Crippen LogP contribution is -2.16. The number of carbonyl (C=O) groups excluding carboxylic acids is 2. The molecule has 0 amide bonds. The van der Waals surface area contributed by atoms with Gasteiger partial charge in [-0.05, 0) is 31.4 Å². The number of cyclic esters (lactones) is 1. The van der Waals surface area contributed by atoms with E-state index in [1.807, 2.05) is 0 Å². The molecule has 108 valence electrons. The van der Waals surface area contributed by atoms with Gasteiger partial charge in [-0.2, -0.15) is 0 Å². The van der Waals surface area contributed by atoms with Gasteiger partial charge >= 0.3 is 5.97 Å². The van der Waals surface area contributed by atoms with Crippen LogP contribution < -0.4 is 0 Å². The Balaban J connectivity index is 2.56. The highest BCUT2D eigenvalue weighted by Crippen LogP contribution is 2.13. The number of allylic oxidation sites excluding steroid dienone is 1. The number of carbonyl (C=O) groups is 2. The quantitative estimate of drug-likeness (QED) is 0.711. The Morgan fingerprint density at radius 1 is 1.05 bits per heavy atom. The second kappa shape index (κ2) is 9.76. The molecule has 0 spiro atoms. The molecule has 1 aliphatic rings. The van der Waals surface area contributed by atoms with E-state index in [2.05, 4.69) is 6.92 Å². The average molecular weight is 266 g/mol. The molecule has 0 fully saturated rings. The SMILES string of the molecule is CCC[C@H]1/C=C\C(=O)CCCCCCCCC(=O)O1. The Morgan fingerprint density at radius 2 is 1.68 bits per heavy atom. The van der Waals surface area contributed by atoms with E-state index in [1.165, 1.54) is 0 Å². The number of ketones is 1. The Kier molecular flexibility index (Phi) is 8.19. The molecule has 0 radical (unpaired) electrons. The minimum Gasteiger partial charge on any atom is -0.458 e. The van der Waals surface area contributed by atoms with Crippen molar-refractivity contribution in [1.82, 2.24) is 0 Å². The van der Waals surface area contributed by atoms with Crippen LogP contribution in [0.25, 0.3) is 0 Å². The number of hydrogen-bond donors (Lipinski definition) is 0. The fraction of sp³-hybridized carbons (Fsp3) is 0.750. The highest BCUT2D eigenvalue weighted by molar-refractivity contribution is 5.89. The maximum Gasteiger partial charge on any atom is 0.306 e. The van der Waals surface area contributed by atoms with Crippen molar-refractivity contribution in [3.05, 3.63) is 12.2 Å². The molecule has 1 aliphatic heterocycles. The summed E-state index contributed by atoms with van der Waals surface area (Å²) in [4.78, 5) is 23.3. The van der Waals surface area contributed by atoms with Crippen molar-refractivity contribution >= 4 is 11.8 Å². The molecule has 3 nitrogen and oxygen atoms in total. The van der Waals surface area contributed by atoms with Crippen molar-refractivity contribution in [2.45, 2.75) is 77.2 Å². The van der Waals surface area contributed by atoms with Crippen LogP contribution in [-0.2, 0) is 14.3 Å². The van der Waals surface area contributed by atoms with Gasteiger partial charge in [0.25, 0.3) is 0 Å². The van der Waals surface area contributed by atoms with Gasteiger partial charge in [0, 0.05) is 12.8 Å². The van der Waals surface area contributed by atoms with Gasteiger partial charge in [0.2, 0.25) is 0 Å². The van der Waals surface area contributed by atoms with Crippen LogP contribution in [0.3, 0.4) is 0 Å². The second-order valence-electron chi connectivity index (χ2n) is 5.26. The van der Waals surface area contributed by atoms with E-state index in [0.717, 1.165) is 51.4 Å². The molecule has 0 N–H and O–H groups in total. The lowest BCUT2D eigenvalue weighted by atomic mass is 10.1. The second-order valence-corrected chi connectivity index (χ2v) is 5.26. The van der Waals surface area contributed by atoms with Crippen LogP contribution in [0.2, 0.25) is 0 Å². The van der Waals surface area contributed by atoms with E-state index in [9.17, 15) is 9.59 Å². The molecule has 19 heavy (non-hydrogen) atoms. The monoisotopic (exact) mass is 266 g/mol. The zero-order chi connectivity index (χ0) is 13.9. The first-order valence-electron chi connectivity index (χ1n) is 7.63. The van der Waals surface area contributed by atoms with Crippen LogP contribution in [0.4, 0.5) is 0 Å². The lowest BCUT2D eigenvalue weighted by molar-refractivity contribution is -0.147. The predicted molar refractivity (Wildman–Crippen MR) is 75.9 cm³/mol. The molecule has 0 unspecified atom stereocenters. The third-order valence-corrected chi connectivity index (χ3v) is 3.41. The van der Waals surface area contributed by atoms with Crippen molar-refractivity contribution in [2.75, 3.05) is 0 Å². The topological polar surface area (TPSA) is 43.4 Å². The van der Waals surface area contributed by atoms with Crippen molar-refractivity contribution in [1.29, 1.82) is 0 Å². The molecule has 0 aromatic rings. The molecule has 1 rings (SSSR count). The third-order valence-electron chi connectivity index (χ3n) is 3.41. The summed E-state index contributed by atoms with van der Waals surface area (Å²) in [5, 5.41) is 0. The van der Waals surface area contributed by atoms with E-state index >= 15 is 0 Å². The summed E-state index contributed by atoms with van der Waals surface area (Å²) in [5.41, 5.74) is 0. The molecule has 1 heterocycles. The molecule has 0 aromatic carbocycles. The molecule has 0 aromatic heterocycles. The Morgan fingerprint density at radius 3 is 2.37 bits per heavy atom. The molecule has 0 aliphatic carbocycles. The van der Waals surface area contributed by atoms with Crippen LogP contribution in [0.5, 0.6) is 0 Å². The van der Waals surface area contributed by atoms with Crippen molar-refractivity contribution in [3.8, 4) is 0 Å². The largest absolute Gasteiger partial charge is 0.458 e. The van der Waals surface area contributed by atoms with E-state index in [1.54, 1.807) is 12.2 Å². The number of ether oxygens (including phenoxy) is 1. The standard InChI is InChI=1S/C16H26O3/c1-2-9-15-13-12-14(17)10-7-5-3-4-6-8-11-16(18)19-15/h12-13,15H,2-11H2,1H3/b13-12-/t15-/m0/s1. The summed E-state index contributed by atoms with van der Waals surface area (Å²) in [6, 6.07) is 0. The molecule has 0 saturated carbocycles. The van der Waals surface area contributed by atoms with Crippen molar-refractivity contribution in [2.24, 2.45) is 0 Å². The summed E-state index contributed by atoms with van der Waals surface area (Å²) in [7, 11) is 0. The highest BCUT2D eigenvalue weighted by Gasteiger charge is 2.11. The van der Waals surface area contributed by atoms with Gasteiger partial charge in [-0.25, -0.2) is 0 Å². The third kappa shape index (κ3) is 7.81. The van der Waals surface area contributed by atoms with Gasteiger partial charge in [-0.1, -0.05) is 39.0 Å². The van der Waals surface area contributed by atoms with Crippen LogP contribution in [0, 0.1) is 0 Å². The fourth-order valence-corrected chi connectivity index (χ4v) is 2.28. The predicted octanol–water partition coefficient (Wildman–Crippen LogP) is 3.96. The Hall–Kier alpha value is -1.12. The van der Waals surface area contributed by atoms with Crippen LogP contribution in [-0.4, -0.2) is 17.9 Å². The first-order valence-corrected chi connectivity index (χ1v) is 7.63. The highest BCUT2D eigenvalue weighted by atomic mass is 16.5. The van der Waals surface area contributed by atoms with Crippen LogP contribution in [0.1, 0.15) is 71.1 Å². The van der Waals surface area contributed by atoms with Gasteiger partial charge in [0.15, 0.2) is 5.78 Å². The number of rotatable bonds is 2. The van der Waals surface area contributed by atoms with Gasteiger partial charge in [0.05, 0.1) is 0 Å². The maximum atomic E-state index is 11.7. The summed E-state index contributed by atoms with van der Waals surface area (Å²) in [5.74, 6) is 0.0156. The normalized spacial score (nSPS) is 25.4. The summed E-state index contributed by atoms with van der Waals surface area (Å²) < 4.78 is 5.41. The van der Waals surface area contributed by atoms with Gasteiger partial charge in [-0.15, -0.1) is 0 Å². The summed E-state index contributed by atoms with van der Waals surface area (Å²) in [6.45, 7) is 2.05. The molecule has 3 heteroatoms. The number of hydrogen-bond acceptors (Lipinski definition) is 3. The van der Waals surface area contributed by atoms with E-state index in [4.69, 9.17) is 4.74 Å². The minimum absolute atomic E-state index is 0.132. The molecular formula is C16H26O3. The van der Waals surface area contributed by atoms with Gasteiger partial charge < -0.3 is 4.74 Å². The van der Waals surface area contributed by atoms with E-state index in [0.29, 0.717) is 12.8 Å². The zero-order valence-corrected chi connectivity index (χ0v) is 12.0. The lowest BCUT2D eigenvalue weighted by Gasteiger charge is -2.13. The Bertz CT molecular complexity index is 307. The smallest absolute Gasteiger partial charge is 0.306 e. The minimum atomic E-state index is -0.232.